The molecule has 0 unspecified atom stereocenters. The molecule has 10 nitrogen and oxygen atoms in total. The van der Waals surface area contributed by atoms with E-state index in [1.165, 1.54) is 38.4 Å². The number of methoxy groups -OCH3 is 1. The van der Waals surface area contributed by atoms with Crippen molar-refractivity contribution in [2.75, 3.05) is 34.0 Å². The van der Waals surface area contributed by atoms with Crippen LogP contribution in [0.25, 0.3) is 11.1 Å². The zero-order valence-electron chi connectivity index (χ0n) is 27.3. The van der Waals surface area contributed by atoms with Crippen molar-refractivity contribution in [3.8, 4) is 16.9 Å². The summed E-state index contributed by atoms with van der Waals surface area (Å²) < 4.78 is 31.8. The Bertz CT molecular complexity index is 1700. The number of amides is 2. The van der Waals surface area contributed by atoms with Crippen LogP contribution in [0.3, 0.4) is 0 Å². The van der Waals surface area contributed by atoms with Crippen LogP contribution in [0, 0.1) is 0 Å². The monoisotopic (exact) mass is 673 g/mol. The van der Waals surface area contributed by atoms with Gasteiger partial charge in [-0.15, -0.1) is 0 Å². The van der Waals surface area contributed by atoms with Crippen LogP contribution in [0.5, 0.6) is 5.75 Å². The minimum atomic E-state index is -4.01. The molecule has 48 heavy (non-hydrogen) atoms. The van der Waals surface area contributed by atoms with Gasteiger partial charge < -0.3 is 14.7 Å². The molecule has 0 spiro atoms. The summed E-state index contributed by atoms with van der Waals surface area (Å²) in [6.07, 6.45) is 1.22. The van der Waals surface area contributed by atoms with Gasteiger partial charge >= 0.3 is 0 Å². The molecule has 0 saturated carbocycles. The Balaban J connectivity index is 1.37. The highest BCUT2D eigenvalue weighted by molar-refractivity contribution is 7.89. The van der Waals surface area contributed by atoms with E-state index in [0.717, 1.165) is 26.6 Å². The summed E-state index contributed by atoms with van der Waals surface area (Å²) in [5.41, 5.74) is 4.33. The molecule has 0 fully saturated rings. The Hall–Kier alpha value is -4.55. The summed E-state index contributed by atoms with van der Waals surface area (Å²) in [5.74, 6) is -0.661. The van der Waals surface area contributed by atoms with E-state index in [4.69, 9.17) is 4.74 Å². The minimum Gasteiger partial charge on any atom is -0.497 e. The van der Waals surface area contributed by atoms with Crippen LogP contribution in [-0.2, 0) is 32.5 Å². The number of aliphatic hydroxyl groups is 1. The number of rotatable bonds is 17. The number of hydrogen-bond donors (Lipinski definition) is 2. The maximum absolute atomic E-state index is 13.6. The molecule has 254 valence electrons. The molecule has 2 N–H and O–H groups in total. The number of carbonyl (C=O) groups is 2. The first-order chi connectivity index (χ1) is 23.1. The van der Waals surface area contributed by atoms with E-state index in [9.17, 15) is 28.3 Å². The highest BCUT2D eigenvalue weighted by Crippen LogP contribution is 2.21. The predicted molar refractivity (Wildman–Crippen MR) is 184 cm³/mol. The number of carbonyl (C=O) groups excluding carboxylic acids is 2. The molecule has 11 heteroatoms. The average molecular weight is 674 g/mol. The molecule has 2 amide bonds. The second kappa shape index (κ2) is 17.6. The van der Waals surface area contributed by atoms with Crippen LogP contribution in [0.1, 0.15) is 30.4 Å². The first-order valence-corrected chi connectivity index (χ1v) is 17.2. The van der Waals surface area contributed by atoms with Gasteiger partial charge in [-0.1, -0.05) is 84.9 Å². The molecule has 4 rings (SSSR count). The van der Waals surface area contributed by atoms with Crippen molar-refractivity contribution in [1.82, 2.24) is 14.3 Å². The molecule has 0 aliphatic rings. The second-order valence-electron chi connectivity index (χ2n) is 11.5. The molecular formula is C37H43N3O7S. The van der Waals surface area contributed by atoms with E-state index in [0.29, 0.717) is 36.6 Å². The Morgan fingerprint density at radius 1 is 0.771 bits per heavy atom. The lowest BCUT2D eigenvalue weighted by Crippen LogP contribution is -2.45. The number of benzene rings is 4. The molecule has 4 aromatic rings. The lowest BCUT2D eigenvalue weighted by atomic mass is 10.0. The van der Waals surface area contributed by atoms with Crippen LogP contribution >= 0.6 is 0 Å². The van der Waals surface area contributed by atoms with Crippen molar-refractivity contribution in [1.29, 1.82) is 0 Å². The third kappa shape index (κ3) is 9.98. The van der Waals surface area contributed by atoms with E-state index in [1.807, 2.05) is 48.5 Å². The Labute approximate surface area is 282 Å². The maximum Gasteiger partial charge on any atom is 0.247 e. The van der Waals surface area contributed by atoms with Gasteiger partial charge in [0, 0.05) is 26.4 Å². The number of aryl methyl sites for hydroxylation is 1. The number of hydrogen-bond acceptors (Lipinski definition) is 7. The number of nitrogens with zero attached hydrogens (tertiary/aromatic N) is 3. The summed E-state index contributed by atoms with van der Waals surface area (Å²) in [6, 6.07) is 33.2. The topological polar surface area (TPSA) is 128 Å². The van der Waals surface area contributed by atoms with E-state index in [2.05, 4.69) is 36.4 Å². The molecule has 1 atom stereocenters. The summed E-state index contributed by atoms with van der Waals surface area (Å²) in [7, 11) is -1.30. The van der Waals surface area contributed by atoms with Gasteiger partial charge in [-0.3, -0.25) is 14.8 Å². The largest absolute Gasteiger partial charge is 0.497 e. The van der Waals surface area contributed by atoms with Crippen molar-refractivity contribution in [3.63, 3.8) is 0 Å². The fourth-order valence-corrected chi connectivity index (χ4v) is 6.48. The van der Waals surface area contributed by atoms with Gasteiger partial charge in [0.05, 0.1) is 24.7 Å². The summed E-state index contributed by atoms with van der Waals surface area (Å²) in [4.78, 5) is 28.0. The van der Waals surface area contributed by atoms with Crippen molar-refractivity contribution in [2.45, 2.75) is 43.0 Å². The zero-order valence-corrected chi connectivity index (χ0v) is 28.1. The SMILES string of the molecule is COc1ccc(S(=O)(=O)N(C)CN(O)C(=O)CCC(=O)N(CCCc2ccc(-c3ccccc3)cc2)[C@H](CO)Cc2ccccc2)cc1. The predicted octanol–water partition coefficient (Wildman–Crippen LogP) is 5.00. The Kier molecular flexibility index (Phi) is 13.3. The van der Waals surface area contributed by atoms with Crippen LogP contribution in [-0.4, -0.2) is 84.8 Å². The maximum atomic E-state index is 13.6. The van der Waals surface area contributed by atoms with Crippen molar-refractivity contribution in [3.05, 3.63) is 120 Å². The van der Waals surface area contributed by atoms with Crippen LogP contribution < -0.4 is 4.74 Å². The fraction of sp³-hybridized carbons (Fsp3) is 0.297. The second-order valence-corrected chi connectivity index (χ2v) is 13.5. The standard InChI is InChI=1S/C37H43N3O7S/c1-38(48(45,46)35-21-19-34(47-2)20-22-35)28-40(44)37(43)24-23-36(42)39(33(27-41)26-30-10-5-3-6-11-30)25-9-12-29-15-17-32(18-16-29)31-13-7-4-8-14-31/h3-8,10-11,13-22,33,41,44H,9,12,23-28H2,1-2H3/t33-/m0/s1. The Morgan fingerprint density at radius 3 is 1.96 bits per heavy atom. The van der Waals surface area contributed by atoms with Crippen molar-refractivity contribution >= 4 is 21.8 Å². The summed E-state index contributed by atoms with van der Waals surface area (Å²) in [5, 5.41) is 21.1. The van der Waals surface area contributed by atoms with Crippen LogP contribution in [0.2, 0.25) is 0 Å². The number of ether oxygens (including phenoxy) is 1. The van der Waals surface area contributed by atoms with E-state index in [1.54, 1.807) is 4.90 Å². The average Bonchev–Trinajstić information content (AvgIpc) is 3.12. The molecular weight excluding hydrogens is 630 g/mol. The molecule has 0 bridgehead atoms. The van der Waals surface area contributed by atoms with Gasteiger partial charge in [-0.25, -0.2) is 13.5 Å². The normalized spacial score (nSPS) is 12.0. The Morgan fingerprint density at radius 2 is 1.35 bits per heavy atom. The highest BCUT2D eigenvalue weighted by Gasteiger charge is 2.27. The molecule has 0 radical (unpaired) electrons. The lowest BCUT2D eigenvalue weighted by molar-refractivity contribution is -0.170. The van der Waals surface area contributed by atoms with E-state index >= 15 is 0 Å². The lowest BCUT2D eigenvalue weighted by Gasteiger charge is -2.31. The number of aliphatic hydroxyl groups excluding tert-OH is 1. The summed E-state index contributed by atoms with van der Waals surface area (Å²) in [6.45, 7) is -0.529. The number of hydroxylamine groups is 2. The first kappa shape index (κ1) is 36.3. The first-order valence-electron chi connectivity index (χ1n) is 15.8. The van der Waals surface area contributed by atoms with E-state index < -0.39 is 28.6 Å². The molecule has 0 heterocycles. The summed E-state index contributed by atoms with van der Waals surface area (Å²) >= 11 is 0. The third-order valence-corrected chi connectivity index (χ3v) is 9.96. The van der Waals surface area contributed by atoms with Crippen LogP contribution in [0.15, 0.2) is 114 Å². The zero-order chi connectivity index (χ0) is 34.5. The molecule has 0 aromatic heterocycles. The van der Waals surface area contributed by atoms with Gasteiger partial charge in [-0.05, 0) is 65.8 Å². The molecule has 0 aliphatic carbocycles. The molecule has 0 saturated heterocycles. The minimum absolute atomic E-state index is 0.0296. The number of sulfonamides is 1. The van der Waals surface area contributed by atoms with Gasteiger partial charge in [0.25, 0.3) is 0 Å². The van der Waals surface area contributed by atoms with Crippen molar-refractivity contribution < 1.29 is 33.1 Å². The van der Waals surface area contributed by atoms with Crippen molar-refractivity contribution in [2.24, 2.45) is 0 Å². The molecule has 4 aromatic carbocycles. The third-order valence-electron chi connectivity index (χ3n) is 8.15. The fourth-order valence-electron chi connectivity index (χ4n) is 5.38. The van der Waals surface area contributed by atoms with Crippen LogP contribution in [0.4, 0.5) is 0 Å². The molecule has 0 aliphatic heterocycles. The van der Waals surface area contributed by atoms with Gasteiger partial charge in [-0.2, -0.15) is 4.31 Å². The van der Waals surface area contributed by atoms with E-state index in [-0.39, 0.29) is 30.3 Å². The van der Waals surface area contributed by atoms with Gasteiger partial charge in [0.1, 0.15) is 12.4 Å². The quantitative estimate of drug-likeness (QED) is 0.0918. The van der Waals surface area contributed by atoms with Gasteiger partial charge in [0.15, 0.2) is 0 Å². The smallest absolute Gasteiger partial charge is 0.247 e. The highest BCUT2D eigenvalue weighted by atomic mass is 32.2. The van der Waals surface area contributed by atoms with Gasteiger partial charge in [0.2, 0.25) is 21.8 Å².